The predicted molar refractivity (Wildman–Crippen MR) is 68.6 cm³/mol. The SMILES string of the molecule is C=C(/N=C(\C)C(C)(F)F)c1ccc(CC)cc1. The molecule has 92 valence electrons. The third-order valence-corrected chi connectivity index (χ3v) is 2.63. The van der Waals surface area contributed by atoms with Crippen LogP contribution in [0.3, 0.4) is 0 Å². The molecule has 0 aliphatic heterocycles. The van der Waals surface area contributed by atoms with E-state index >= 15 is 0 Å². The van der Waals surface area contributed by atoms with Gasteiger partial charge >= 0.3 is 0 Å². The van der Waals surface area contributed by atoms with Crippen molar-refractivity contribution in [3.8, 4) is 0 Å². The molecule has 1 nitrogen and oxygen atoms in total. The van der Waals surface area contributed by atoms with Gasteiger partial charge in [0.05, 0.1) is 11.4 Å². The van der Waals surface area contributed by atoms with Gasteiger partial charge in [-0.25, -0.2) is 8.78 Å². The van der Waals surface area contributed by atoms with Crippen LogP contribution in [-0.2, 0) is 6.42 Å². The molecule has 1 aromatic carbocycles. The van der Waals surface area contributed by atoms with Crippen LogP contribution in [0, 0.1) is 0 Å². The first-order valence-electron chi connectivity index (χ1n) is 5.56. The molecule has 17 heavy (non-hydrogen) atoms. The lowest BCUT2D eigenvalue weighted by Crippen LogP contribution is -2.21. The predicted octanol–water partition coefficient (Wildman–Crippen LogP) is 4.34. The fraction of sp³-hybridized carbons (Fsp3) is 0.357. The summed E-state index contributed by atoms with van der Waals surface area (Å²) < 4.78 is 25.9. The summed E-state index contributed by atoms with van der Waals surface area (Å²) in [7, 11) is 0. The summed E-state index contributed by atoms with van der Waals surface area (Å²) in [6.07, 6.45) is 0.947. The number of aryl methyl sites for hydroxylation is 1. The Morgan fingerprint density at radius 2 is 1.82 bits per heavy atom. The fourth-order valence-corrected chi connectivity index (χ4v) is 1.30. The molecule has 0 unspecified atom stereocenters. The van der Waals surface area contributed by atoms with Crippen molar-refractivity contribution in [2.24, 2.45) is 4.99 Å². The van der Waals surface area contributed by atoms with Gasteiger partial charge < -0.3 is 0 Å². The van der Waals surface area contributed by atoms with Gasteiger partial charge in [-0.1, -0.05) is 37.8 Å². The molecular formula is C14H17F2N. The van der Waals surface area contributed by atoms with E-state index < -0.39 is 5.92 Å². The molecule has 0 aliphatic rings. The van der Waals surface area contributed by atoms with Crippen LogP contribution in [0.4, 0.5) is 8.78 Å². The fourth-order valence-electron chi connectivity index (χ4n) is 1.30. The third kappa shape index (κ3) is 3.77. The molecule has 0 spiro atoms. The molecule has 0 bridgehead atoms. The normalized spacial score (nSPS) is 12.6. The molecule has 0 atom stereocenters. The van der Waals surface area contributed by atoms with Gasteiger partial charge in [-0.2, -0.15) is 0 Å². The van der Waals surface area contributed by atoms with E-state index in [1.165, 1.54) is 12.5 Å². The summed E-state index contributed by atoms with van der Waals surface area (Å²) in [5.74, 6) is -2.90. The van der Waals surface area contributed by atoms with E-state index in [4.69, 9.17) is 0 Å². The van der Waals surface area contributed by atoms with Gasteiger partial charge in [0.25, 0.3) is 5.92 Å². The maximum absolute atomic E-state index is 12.9. The largest absolute Gasteiger partial charge is 0.282 e. The summed E-state index contributed by atoms with van der Waals surface area (Å²) >= 11 is 0. The molecule has 3 heteroatoms. The lowest BCUT2D eigenvalue weighted by Gasteiger charge is -2.10. The maximum atomic E-state index is 12.9. The van der Waals surface area contributed by atoms with Gasteiger partial charge in [0.2, 0.25) is 0 Å². The van der Waals surface area contributed by atoms with E-state index in [0.29, 0.717) is 5.70 Å². The van der Waals surface area contributed by atoms with E-state index in [2.05, 4.69) is 18.5 Å². The Morgan fingerprint density at radius 3 is 2.24 bits per heavy atom. The molecule has 0 amide bonds. The summed E-state index contributed by atoms with van der Waals surface area (Å²) in [5, 5.41) is 0. The van der Waals surface area contributed by atoms with Gasteiger partial charge in [0.1, 0.15) is 0 Å². The van der Waals surface area contributed by atoms with Crippen LogP contribution in [0.25, 0.3) is 5.70 Å². The summed E-state index contributed by atoms with van der Waals surface area (Å²) in [4.78, 5) is 3.85. The van der Waals surface area contributed by atoms with Gasteiger partial charge in [-0.3, -0.25) is 4.99 Å². The van der Waals surface area contributed by atoms with Crippen molar-refractivity contribution in [1.29, 1.82) is 0 Å². The monoisotopic (exact) mass is 237 g/mol. The molecule has 0 heterocycles. The van der Waals surface area contributed by atoms with Crippen LogP contribution in [0.5, 0.6) is 0 Å². The average molecular weight is 237 g/mol. The van der Waals surface area contributed by atoms with Crippen molar-refractivity contribution in [3.05, 3.63) is 42.0 Å². The Kier molecular flexibility index (Phi) is 4.16. The van der Waals surface area contributed by atoms with Crippen molar-refractivity contribution in [3.63, 3.8) is 0 Å². The van der Waals surface area contributed by atoms with Gasteiger partial charge in [-0.05, 0) is 24.5 Å². The molecule has 0 radical (unpaired) electrons. The summed E-state index contributed by atoms with van der Waals surface area (Å²) in [5.41, 5.74) is 2.11. The lowest BCUT2D eigenvalue weighted by molar-refractivity contribution is 0.0999. The Hall–Kier alpha value is -1.51. The zero-order valence-corrected chi connectivity index (χ0v) is 10.4. The van der Waals surface area contributed by atoms with Crippen molar-refractivity contribution >= 4 is 11.4 Å². The second-order valence-corrected chi connectivity index (χ2v) is 4.08. The van der Waals surface area contributed by atoms with Crippen LogP contribution < -0.4 is 0 Å². The van der Waals surface area contributed by atoms with Crippen molar-refractivity contribution in [2.45, 2.75) is 33.1 Å². The molecule has 0 aliphatic carbocycles. The minimum Gasteiger partial charge on any atom is -0.252 e. The van der Waals surface area contributed by atoms with Crippen LogP contribution in [-0.4, -0.2) is 11.6 Å². The lowest BCUT2D eigenvalue weighted by atomic mass is 10.1. The van der Waals surface area contributed by atoms with E-state index in [-0.39, 0.29) is 5.71 Å². The van der Waals surface area contributed by atoms with E-state index in [1.54, 1.807) is 0 Å². The Balaban J connectivity index is 2.90. The first-order chi connectivity index (χ1) is 7.84. The van der Waals surface area contributed by atoms with Crippen molar-refractivity contribution < 1.29 is 8.78 Å². The molecule has 1 aromatic rings. The highest BCUT2D eigenvalue weighted by molar-refractivity contribution is 5.92. The minimum atomic E-state index is -2.90. The standard InChI is InChI=1S/C14H17F2N/c1-5-12-6-8-13(9-7-12)10(2)17-11(3)14(4,15)16/h6-9H,2,5H2,1,3-4H3/b17-11+. The third-order valence-electron chi connectivity index (χ3n) is 2.63. The average Bonchev–Trinajstić information content (AvgIpc) is 2.27. The number of halogens is 2. The number of rotatable bonds is 4. The molecule has 0 saturated carbocycles. The highest BCUT2D eigenvalue weighted by Crippen LogP contribution is 2.20. The smallest absolute Gasteiger partial charge is 0.252 e. The first kappa shape index (κ1) is 13.6. The Labute approximate surface area is 101 Å². The quantitative estimate of drug-likeness (QED) is 0.691. The number of benzene rings is 1. The van der Waals surface area contributed by atoms with Crippen LogP contribution in [0.15, 0.2) is 35.8 Å². The second-order valence-electron chi connectivity index (χ2n) is 4.08. The molecule has 0 fully saturated rings. The molecular weight excluding hydrogens is 220 g/mol. The topological polar surface area (TPSA) is 12.4 Å². The number of hydrogen-bond acceptors (Lipinski definition) is 1. The summed E-state index contributed by atoms with van der Waals surface area (Å²) in [6.45, 7) is 7.92. The highest BCUT2D eigenvalue weighted by atomic mass is 19.3. The van der Waals surface area contributed by atoms with Gasteiger partial charge in [0.15, 0.2) is 0 Å². The van der Waals surface area contributed by atoms with E-state index in [1.807, 2.05) is 24.3 Å². The maximum Gasteiger partial charge on any atom is 0.282 e. The van der Waals surface area contributed by atoms with Gasteiger partial charge in [0, 0.05) is 6.92 Å². The number of alkyl halides is 2. The van der Waals surface area contributed by atoms with E-state index in [0.717, 1.165) is 18.9 Å². The highest BCUT2D eigenvalue weighted by Gasteiger charge is 2.25. The first-order valence-corrected chi connectivity index (χ1v) is 5.56. The molecule has 0 aromatic heterocycles. The Bertz CT molecular complexity index is 425. The van der Waals surface area contributed by atoms with E-state index in [9.17, 15) is 8.78 Å². The number of nitrogens with zero attached hydrogens (tertiary/aromatic N) is 1. The van der Waals surface area contributed by atoms with Crippen molar-refractivity contribution in [2.75, 3.05) is 0 Å². The van der Waals surface area contributed by atoms with Crippen LogP contribution in [0.1, 0.15) is 31.9 Å². The molecule has 0 N–H and O–H groups in total. The van der Waals surface area contributed by atoms with Crippen LogP contribution in [0.2, 0.25) is 0 Å². The second kappa shape index (κ2) is 5.21. The number of aliphatic imine (C=N–C) groups is 1. The zero-order chi connectivity index (χ0) is 13.1. The number of hydrogen-bond donors (Lipinski definition) is 0. The Morgan fingerprint density at radius 1 is 1.29 bits per heavy atom. The zero-order valence-electron chi connectivity index (χ0n) is 10.4. The minimum absolute atomic E-state index is 0.220. The summed E-state index contributed by atoms with van der Waals surface area (Å²) in [6, 6.07) is 7.61. The van der Waals surface area contributed by atoms with Gasteiger partial charge in [-0.15, -0.1) is 0 Å². The molecule has 1 rings (SSSR count). The van der Waals surface area contributed by atoms with Crippen LogP contribution >= 0.6 is 0 Å². The molecule has 0 saturated heterocycles. The van der Waals surface area contributed by atoms with Crippen molar-refractivity contribution in [1.82, 2.24) is 0 Å².